The normalized spacial score (nSPS) is 16.3. The van der Waals surface area contributed by atoms with Crippen molar-refractivity contribution in [2.45, 2.75) is 36.0 Å². The van der Waals surface area contributed by atoms with Gasteiger partial charge in [-0.25, -0.2) is 9.97 Å². The molecular weight excluding hydrogens is 391 g/mol. The molecule has 0 unspecified atom stereocenters. The van der Waals surface area contributed by atoms with Crippen molar-refractivity contribution in [2.24, 2.45) is 0 Å². The Balaban J connectivity index is 1.50. The van der Waals surface area contributed by atoms with Crippen molar-refractivity contribution in [3.05, 3.63) is 46.7 Å². The minimum atomic E-state index is -0.249. The van der Waals surface area contributed by atoms with Gasteiger partial charge in [0.2, 0.25) is 11.9 Å². The number of nitrogens with zero attached hydrogens (tertiary/aromatic N) is 3. The van der Waals surface area contributed by atoms with E-state index in [1.54, 1.807) is 30.6 Å². The van der Waals surface area contributed by atoms with Crippen LogP contribution in [0.15, 0.2) is 41.6 Å². The van der Waals surface area contributed by atoms with Crippen molar-refractivity contribution in [3.8, 4) is 0 Å². The van der Waals surface area contributed by atoms with E-state index in [0.29, 0.717) is 10.0 Å². The second-order valence-electron chi connectivity index (χ2n) is 6.15. The molecule has 0 aliphatic carbocycles. The Bertz CT molecular complexity index is 754. The lowest BCUT2D eigenvalue weighted by molar-refractivity contribution is -0.121. The van der Waals surface area contributed by atoms with E-state index >= 15 is 0 Å². The van der Waals surface area contributed by atoms with E-state index in [-0.39, 0.29) is 17.2 Å². The molecule has 2 aromatic rings. The second-order valence-corrected chi connectivity index (χ2v) is 8.38. The Kier molecular flexibility index (Phi) is 6.62. The lowest BCUT2D eigenvalue weighted by Gasteiger charge is -2.32. The summed E-state index contributed by atoms with van der Waals surface area (Å²) in [6, 6.07) is 7.25. The number of hydrogen-bond donors (Lipinski definition) is 1. The molecule has 2 heterocycles. The van der Waals surface area contributed by atoms with Crippen LogP contribution in [-0.2, 0) is 4.79 Å². The van der Waals surface area contributed by atoms with E-state index in [9.17, 15) is 4.79 Å². The minimum Gasteiger partial charge on any atom is -0.352 e. The average Bonchev–Trinajstić information content (AvgIpc) is 2.66. The quantitative estimate of drug-likeness (QED) is 0.753. The van der Waals surface area contributed by atoms with Crippen LogP contribution < -0.4 is 10.2 Å². The molecule has 0 saturated carbocycles. The Hall–Kier alpha value is -1.50. The zero-order valence-corrected chi connectivity index (χ0v) is 16.7. The SMILES string of the molecule is C[C@H](Sc1cc(Cl)ccc1Cl)C(=O)NC1CCN(c2ncccn2)CC1. The number of anilines is 1. The molecule has 0 radical (unpaired) electrons. The molecule has 5 nitrogen and oxygen atoms in total. The summed E-state index contributed by atoms with van der Waals surface area (Å²) in [4.78, 5) is 24.0. The maximum atomic E-state index is 12.5. The van der Waals surface area contributed by atoms with Crippen molar-refractivity contribution in [3.63, 3.8) is 0 Å². The molecule has 0 bridgehead atoms. The summed E-state index contributed by atoms with van der Waals surface area (Å²) in [6.45, 7) is 3.54. The first kappa shape index (κ1) is 19.3. The molecule has 8 heteroatoms. The molecule has 1 aliphatic rings. The third-order valence-corrected chi connectivity index (χ3v) is 6.08. The number of amides is 1. The van der Waals surface area contributed by atoms with Gasteiger partial charge < -0.3 is 10.2 Å². The second kappa shape index (κ2) is 8.93. The van der Waals surface area contributed by atoms with Gasteiger partial charge in [-0.1, -0.05) is 23.2 Å². The summed E-state index contributed by atoms with van der Waals surface area (Å²) < 4.78 is 0. The summed E-state index contributed by atoms with van der Waals surface area (Å²) in [5.74, 6) is 0.761. The van der Waals surface area contributed by atoms with Gasteiger partial charge in [-0.2, -0.15) is 0 Å². The van der Waals surface area contributed by atoms with Crippen molar-refractivity contribution in [1.29, 1.82) is 0 Å². The number of nitrogens with one attached hydrogen (secondary N) is 1. The lowest BCUT2D eigenvalue weighted by Crippen LogP contribution is -2.47. The van der Waals surface area contributed by atoms with Gasteiger partial charge in [-0.05, 0) is 44.0 Å². The Morgan fingerprint density at radius 3 is 2.65 bits per heavy atom. The number of hydrogen-bond acceptors (Lipinski definition) is 5. The highest BCUT2D eigenvalue weighted by molar-refractivity contribution is 8.00. The predicted octanol–water partition coefficient (Wildman–Crippen LogP) is 4.05. The Morgan fingerprint density at radius 2 is 1.96 bits per heavy atom. The highest BCUT2D eigenvalue weighted by Crippen LogP contribution is 2.32. The fourth-order valence-corrected chi connectivity index (χ4v) is 4.23. The Labute approximate surface area is 167 Å². The van der Waals surface area contributed by atoms with Crippen LogP contribution in [0.3, 0.4) is 0 Å². The van der Waals surface area contributed by atoms with Gasteiger partial charge in [0.1, 0.15) is 0 Å². The molecule has 1 saturated heterocycles. The molecular formula is C18H20Cl2N4OS. The molecule has 0 spiro atoms. The van der Waals surface area contributed by atoms with E-state index in [1.807, 2.05) is 13.0 Å². The number of halogens is 2. The average molecular weight is 411 g/mol. The first-order valence-electron chi connectivity index (χ1n) is 8.47. The monoisotopic (exact) mass is 410 g/mol. The summed E-state index contributed by atoms with van der Waals surface area (Å²) in [5, 5.41) is 4.11. The highest BCUT2D eigenvalue weighted by Gasteiger charge is 2.24. The summed E-state index contributed by atoms with van der Waals surface area (Å²) in [5.41, 5.74) is 0. The summed E-state index contributed by atoms with van der Waals surface area (Å²) in [6.07, 6.45) is 5.24. The number of benzene rings is 1. The van der Waals surface area contributed by atoms with Crippen LogP contribution in [0.25, 0.3) is 0 Å². The minimum absolute atomic E-state index is 0.0143. The number of rotatable bonds is 5. The molecule has 1 aromatic heterocycles. The third kappa shape index (κ3) is 5.02. The standard InChI is InChI=1S/C18H20Cl2N4OS/c1-12(26-16-11-13(19)3-4-15(16)20)17(25)23-14-5-9-24(10-6-14)18-21-7-2-8-22-18/h2-4,7-8,11-12,14H,5-6,9-10H2,1H3,(H,23,25)/t12-/m0/s1. The third-order valence-electron chi connectivity index (χ3n) is 4.24. The zero-order chi connectivity index (χ0) is 18.5. The van der Waals surface area contributed by atoms with E-state index < -0.39 is 0 Å². The van der Waals surface area contributed by atoms with Crippen LogP contribution in [0.1, 0.15) is 19.8 Å². The van der Waals surface area contributed by atoms with Gasteiger partial charge in [0.05, 0.1) is 10.3 Å². The van der Waals surface area contributed by atoms with Crippen molar-refractivity contribution in [1.82, 2.24) is 15.3 Å². The topological polar surface area (TPSA) is 58.1 Å². The van der Waals surface area contributed by atoms with Gasteiger partial charge in [0, 0.05) is 41.4 Å². The zero-order valence-electron chi connectivity index (χ0n) is 14.4. The number of carbonyl (C=O) groups excluding carboxylic acids is 1. The Morgan fingerprint density at radius 1 is 1.27 bits per heavy atom. The molecule has 1 aromatic carbocycles. The van der Waals surface area contributed by atoms with Gasteiger partial charge in [0.25, 0.3) is 0 Å². The number of aromatic nitrogens is 2. The van der Waals surface area contributed by atoms with Gasteiger partial charge >= 0.3 is 0 Å². The van der Waals surface area contributed by atoms with Crippen molar-refractivity contribution in [2.75, 3.05) is 18.0 Å². The summed E-state index contributed by atoms with van der Waals surface area (Å²) in [7, 11) is 0. The van der Waals surface area contributed by atoms with Crippen LogP contribution in [0.5, 0.6) is 0 Å². The first-order chi connectivity index (χ1) is 12.5. The molecule has 138 valence electrons. The fraction of sp³-hybridized carbons (Fsp3) is 0.389. The first-order valence-corrected chi connectivity index (χ1v) is 10.1. The van der Waals surface area contributed by atoms with Crippen LogP contribution in [0.4, 0.5) is 5.95 Å². The molecule has 1 fully saturated rings. The lowest BCUT2D eigenvalue weighted by atomic mass is 10.1. The molecule has 1 atom stereocenters. The van der Waals surface area contributed by atoms with E-state index in [1.165, 1.54) is 11.8 Å². The van der Waals surface area contributed by atoms with Gasteiger partial charge in [-0.15, -0.1) is 11.8 Å². The van der Waals surface area contributed by atoms with E-state index in [4.69, 9.17) is 23.2 Å². The molecule has 1 aliphatic heterocycles. The van der Waals surface area contributed by atoms with Crippen LogP contribution in [0.2, 0.25) is 10.0 Å². The highest BCUT2D eigenvalue weighted by atomic mass is 35.5. The molecule has 1 N–H and O–H groups in total. The number of thioether (sulfide) groups is 1. The largest absolute Gasteiger partial charge is 0.352 e. The van der Waals surface area contributed by atoms with Gasteiger partial charge in [0.15, 0.2) is 0 Å². The molecule has 1 amide bonds. The maximum Gasteiger partial charge on any atom is 0.233 e. The number of carbonyl (C=O) groups is 1. The van der Waals surface area contributed by atoms with Gasteiger partial charge in [-0.3, -0.25) is 4.79 Å². The van der Waals surface area contributed by atoms with Crippen molar-refractivity contribution < 1.29 is 4.79 Å². The van der Waals surface area contributed by atoms with Crippen LogP contribution in [0, 0.1) is 0 Å². The smallest absolute Gasteiger partial charge is 0.233 e. The van der Waals surface area contributed by atoms with E-state index in [2.05, 4.69) is 20.2 Å². The van der Waals surface area contributed by atoms with Crippen LogP contribution in [-0.4, -0.2) is 40.3 Å². The van der Waals surface area contributed by atoms with E-state index in [0.717, 1.165) is 36.8 Å². The maximum absolute atomic E-state index is 12.5. The summed E-state index contributed by atoms with van der Waals surface area (Å²) >= 11 is 13.6. The number of piperidine rings is 1. The van der Waals surface area contributed by atoms with Crippen molar-refractivity contribution >= 4 is 46.8 Å². The fourth-order valence-electron chi connectivity index (χ4n) is 2.81. The molecule has 26 heavy (non-hydrogen) atoms. The molecule has 3 rings (SSSR count). The predicted molar refractivity (Wildman–Crippen MR) is 107 cm³/mol. The van der Waals surface area contributed by atoms with Crippen LogP contribution >= 0.6 is 35.0 Å².